The summed E-state index contributed by atoms with van der Waals surface area (Å²) in [7, 11) is 0. The minimum atomic E-state index is -1.72. The first-order chi connectivity index (χ1) is 16.7. The van der Waals surface area contributed by atoms with Crippen LogP contribution in [0.1, 0.15) is 28.0 Å². The van der Waals surface area contributed by atoms with Gasteiger partial charge in [-0.3, -0.25) is 9.59 Å². The van der Waals surface area contributed by atoms with E-state index in [9.17, 15) is 24.6 Å². The van der Waals surface area contributed by atoms with Gasteiger partial charge >= 0.3 is 5.97 Å². The second-order valence-corrected chi connectivity index (χ2v) is 9.20. The zero-order valence-corrected chi connectivity index (χ0v) is 19.5. The molecule has 0 saturated carbocycles. The molecule has 0 aliphatic heterocycles. The number of carbonyl (C=O) groups excluding carboxylic acids is 2. The molecule has 10 heteroatoms. The molecule has 3 aromatic rings. The Kier molecular flexibility index (Phi) is 7.39. The van der Waals surface area contributed by atoms with Gasteiger partial charge in [-0.15, -0.1) is 0 Å². The maximum atomic E-state index is 13.1. The zero-order valence-electron chi connectivity index (χ0n) is 18.7. The van der Waals surface area contributed by atoms with Gasteiger partial charge in [0, 0.05) is 34.9 Å². The first kappa shape index (κ1) is 24.7. The van der Waals surface area contributed by atoms with E-state index in [0.29, 0.717) is 23.6 Å². The minimum Gasteiger partial charge on any atom is -0.479 e. The van der Waals surface area contributed by atoms with Crippen LogP contribution in [0.4, 0.5) is 0 Å². The number of H-pyrrole nitrogens is 1. The maximum Gasteiger partial charge on any atom is 0.332 e. The van der Waals surface area contributed by atoms with Crippen molar-refractivity contribution < 1.29 is 29.7 Å². The highest BCUT2D eigenvalue weighted by Crippen LogP contribution is 2.27. The van der Waals surface area contributed by atoms with Gasteiger partial charge < -0.3 is 30.9 Å². The van der Waals surface area contributed by atoms with Gasteiger partial charge in [0.05, 0.1) is 12.0 Å². The summed E-state index contributed by atoms with van der Waals surface area (Å²) in [6.07, 6.45) is -2.52. The third kappa shape index (κ3) is 5.82. The first-order valence-electron chi connectivity index (χ1n) is 11.2. The quantitative estimate of drug-likeness (QED) is 0.277. The average Bonchev–Trinajstić information content (AvgIpc) is 3.25. The Morgan fingerprint density at radius 1 is 1.06 bits per heavy atom. The smallest absolute Gasteiger partial charge is 0.332 e. The lowest BCUT2D eigenvalue weighted by Crippen LogP contribution is -2.51. The molecule has 184 valence electrons. The van der Waals surface area contributed by atoms with Gasteiger partial charge in [-0.2, -0.15) is 0 Å². The zero-order chi connectivity index (χ0) is 25.1. The number of hydrogen-bond acceptors (Lipinski definition) is 5. The third-order valence-corrected chi connectivity index (χ3v) is 6.49. The third-order valence-electron chi connectivity index (χ3n) is 6.26. The van der Waals surface area contributed by atoms with Gasteiger partial charge in [0.1, 0.15) is 5.69 Å². The molecule has 4 atom stereocenters. The average molecular weight is 500 g/mol. The lowest BCUT2D eigenvalue weighted by atomic mass is 9.79. The van der Waals surface area contributed by atoms with Crippen LogP contribution >= 0.6 is 11.6 Å². The molecule has 1 aliphatic rings. The molecule has 1 unspecified atom stereocenters. The fraction of sp³-hybridized carbons (Fsp3) is 0.320. The highest BCUT2D eigenvalue weighted by atomic mass is 35.5. The molecule has 0 radical (unpaired) electrons. The predicted octanol–water partition coefficient (Wildman–Crippen LogP) is 1.65. The van der Waals surface area contributed by atoms with Crippen LogP contribution in [0.2, 0.25) is 5.02 Å². The number of aliphatic carboxylic acids is 1. The molecular weight excluding hydrogens is 474 g/mol. The largest absolute Gasteiger partial charge is 0.479 e. The first-order valence-corrected chi connectivity index (χ1v) is 11.6. The van der Waals surface area contributed by atoms with Crippen molar-refractivity contribution in [2.24, 2.45) is 5.92 Å². The molecule has 0 fully saturated rings. The number of aliphatic hydroxyl groups is 2. The van der Waals surface area contributed by atoms with Gasteiger partial charge in [0.2, 0.25) is 5.91 Å². The summed E-state index contributed by atoms with van der Waals surface area (Å²) >= 11 is 6.04. The van der Waals surface area contributed by atoms with Crippen LogP contribution in [-0.2, 0) is 22.4 Å². The molecule has 1 aromatic heterocycles. The Bertz CT molecular complexity index is 1260. The lowest BCUT2D eigenvalue weighted by molar-refractivity contribution is -0.148. The molecule has 0 spiro atoms. The Morgan fingerprint density at radius 2 is 1.77 bits per heavy atom. The molecule has 0 bridgehead atoms. The van der Waals surface area contributed by atoms with Crippen molar-refractivity contribution in [1.82, 2.24) is 15.6 Å². The number of rotatable bonds is 8. The van der Waals surface area contributed by atoms with Crippen LogP contribution in [0, 0.1) is 5.92 Å². The van der Waals surface area contributed by atoms with E-state index in [1.54, 1.807) is 24.3 Å². The van der Waals surface area contributed by atoms with Crippen LogP contribution < -0.4 is 10.6 Å². The minimum absolute atomic E-state index is 0.217. The number of carboxylic acid groups (broad SMARTS) is 1. The van der Waals surface area contributed by atoms with E-state index in [4.69, 9.17) is 16.7 Å². The lowest BCUT2D eigenvalue weighted by Gasteiger charge is -2.33. The molecule has 0 saturated heterocycles. The number of halogens is 1. The standard InChI is InChI=1S/C25H26ClN3O6/c26-16-5-6-19-15(7-16)10-21(28-19)24(33)29-20-9-14-4-2-1-3-13(14)8-18(20)23(32)27-12-17(30)11-22(31)25(34)35/h1-7,10,17-18,20,22,28,30-31H,8-9,11-12H2,(H,27,32)(H,29,33)(H,34,35)/t17-,18+,20?,22+/m0/s1. The molecule has 1 aliphatic carbocycles. The van der Waals surface area contributed by atoms with Gasteiger partial charge in [0.15, 0.2) is 6.10 Å². The molecule has 1 heterocycles. The summed E-state index contributed by atoms with van der Waals surface area (Å²) in [6, 6.07) is 14.2. The SMILES string of the molecule is O=C(NC1Cc2ccccc2C[C@H]1C(=O)NC[C@@H](O)C[C@@H](O)C(=O)O)c1cc2cc(Cl)ccc2[nH]1. The fourth-order valence-electron chi connectivity index (χ4n) is 4.40. The number of nitrogens with one attached hydrogen (secondary N) is 3. The van der Waals surface area contributed by atoms with Crippen molar-refractivity contribution in [2.45, 2.75) is 37.5 Å². The molecule has 2 aromatic carbocycles. The Morgan fingerprint density at radius 3 is 2.49 bits per heavy atom. The number of benzene rings is 2. The molecule has 9 nitrogen and oxygen atoms in total. The number of fused-ring (bicyclic) bond motifs is 2. The van der Waals surface area contributed by atoms with E-state index < -0.39 is 36.6 Å². The summed E-state index contributed by atoms with van der Waals surface area (Å²) < 4.78 is 0. The molecular formula is C25H26ClN3O6. The van der Waals surface area contributed by atoms with E-state index in [-0.39, 0.29) is 18.4 Å². The summed E-state index contributed by atoms with van der Waals surface area (Å²) in [6.45, 7) is -0.217. The van der Waals surface area contributed by atoms with E-state index in [1.807, 2.05) is 24.3 Å². The highest BCUT2D eigenvalue weighted by molar-refractivity contribution is 6.31. The molecule has 6 N–H and O–H groups in total. The number of aromatic nitrogens is 1. The summed E-state index contributed by atoms with van der Waals surface area (Å²) in [4.78, 5) is 40.0. The molecule has 4 rings (SSSR count). The number of aromatic amines is 1. The van der Waals surface area contributed by atoms with Crippen molar-refractivity contribution in [3.63, 3.8) is 0 Å². The second kappa shape index (κ2) is 10.5. The highest BCUT2D eigenvalue weighted by Gasteiger charge is 2.35. The van der Waals surface area contributed by atoms with E-state index in [2.05, 4.69) is 15.6 Å². The van der Waals surface area contributed by atoms with Crippen LogP contribution in [-0.4, -0.2) is 62.9 Å². The van der Waals surface area contributed by atoms with E-state index in [1.165, 1.54) is 0 Å². The Hall–Kier alpha value is -3.40. The van der Waals surface area contributed by atoms with Crippen molar-refractivity contribution in [3.8, 4) is 0 Å². The van der Waals surface area contributed by atoms with Crippen LogP contribution in [0.3, 0.4) is 0 Å². The van der Waals surface area contributed by atoms with E-state index >= 15 is 0 Å². The van der Waals surface area contributed by atoms with Crippen LogP contribution in [0.15, 0.2) is 48.5 Å². The molecule has 35 heavy (non-hydrogen) atoms. The van der Waals surface area contributed by atoms with Crippen LogP contribution in [0.5, 0.6) is 0 Å². The number of carboxylic acids is 1. The predicted molar refractivity (Wildman–Crippen MR) is 129 cm³/mol. The molecule has 2 amide bonds. The normalized spacial score (nSPS) is 18.9. The van der Waals surface area contributed by atoms with Crippen molar-refractivity contribution in [2.75, 3.05) is 6.54 Å². The summed E-state index contributed by atoms with van der Waals surface area (Å²) in [5.41, 5.74) is 3.15. The van der Waals surface area contributed by atoms with Gasteiger partial charge in [-0.25, -0.2) is 4.79 Å². The number of hydrogen-bond donors (Lipinski definition) is 6. The Labute approximate surface area is 206 Å². The van der Waals surface area contributed by atoms with E-state index in [0.717, 1.165) is 22.0 Å². The second-order valence-electron chi connectivity index (χ2n) is 8.77. The topological polar surface area (TPSA) is 152 Å². The summed E-state index contributed by atoms with van der Waals surface area (Å²) in [5.74, 6) is -2.79. The fourth-order valence-corrected chi connectivity index (χ4v) is 4.59. The number of amides is 2. The monoisotopic (exact) mass is 499 g/mol. The maximum absolute atomic E-state index is 13.1. The van der Waals surface area contributed by atoms with Crippen molar-refractivity contribution >= 4 is 40.3 Å². The number of aliphatic hydroxyl groups excluding tert-OH is 2. The van der Waals surface area contributed by atoms with Gasteiger partial charge in [-0.1, -0.05) is 35.9 Å². The van der Waals surface area contributed by atoms with Crippen LogP contribution in [0.25, 0.3) is 10.9 Å². The van der Waals surface area contributed by atoms with Gasteiger partial charge in [-0.05, 0) is 48.2 Å². The van der Waals surface area contributed by atoms with Crippen molar-refractivity contribution in [3.05, 3.63) is 70.4 Å². The van der Waals surface area contributed by atoms with Gasteiger partial charge in [0.25, 0.3) is 5.91 Å². The Balaban J connectivity index is 1.48. The van der Waals surface area contributed by atoms with Crippen molar-refractivity contribution in [1.29, 1.82) is 0 Å². The summed E-state index contributed by atoms with van der Waals surface area (Å²) in [5, 5.41) is 35.1. The number of carbonyl (C=O) groups is 3.